The number of amidine groups is 1. The van der Waals surface area contributed by atoms with Gasteiger partial charge in [0.05, 0.1) is 0 Å². The fraction of sp³-hybridized carbons (Fsp3) is 0.533. The Labute approximate surface area is 211 Å². The fourth-order valence-corrected chi connectivity index (χ4v) is 6.38. The van der Waals surface area contributed by atoms with E-state index in [1.54, 1.807) is 0 Å². The van der Waals surface area contributed by atoms with Crippen molar-refractivity contribution >= 4 is 23.4 Å². The molecule has 1 unspecified atom stereocenters. The molecule has 4 rings (SSSR count). The van der Waals surface area contributed by atoms with E-state index in [0.29, 0.717) is 18.5 Å². The molecule has 2 aliphatic heterocycles. The molecule has 1 aliphatic carbocycles. The smallest absolute Gasteiger partial charge is 0.180 e. The van der Waals surface area contributed by atoms with E-state index in [0.717, 1.165) is 42.6 Å². The number of nitrogens with one attached hydrogen (secondary N) is 2. The van der Waals surface area contributed by atoms with Gasteiger partial charge in [0, 0.05) is 28.9 Å². The number of para-hydroxylation sites is 1. The van der Waals surface area contributed by atoms with E-state index in [1.165, 1.54) is 19.3 Å². The summed E-state index contributed by atoms with van der Waals surface area (Å²) in [5, 5.41) is 11.8. The lowest BCUT2D eigenvalue weighted by atomic mass is 9.70. The van der Waals surface area contributed by atoms with Crippen LogP contribution in [0.25, 0.3) is 6.08 Å². The average molecular weight is 475 g/mol. The minimum absolute atomic E-state index is 0.0433. The normalized spacial score (nSPS) is 25.3. The number of fused-ring (bicyclic) bond motifs is 1. The first-order valence-corrected chi connectivity index (χ1v) is 13.2. The van der Waals surface area contributed by atoms with Gasteiger partial charge >= 0.3 is 0 Å². The highest BCUT2D eigenvalue weighted by Gasteiger charge is 2.43. The summed E-state index contributed by atoms with van der Waals surface area (Å²) in [4.78, 5) is 16.4. The summed E-state index contributed by atoms with van der Waals surface area (Å²) in [5.41, 5.74) is 9.30. The van der Waals surface area contributed by atoms with Crippen LogP contribution in [0.4, 0.5) is 5.69 Å². The summed E-state index contributed by atoms with van der Waals surface area (Å²) >= 11 is 0. The molecular formula is C30H42N4O. The maximum atomic E-state index is 13.8. The average Bonchev–Trinajstić information content (AvgIpc) is 2.80. The third kappa shape index (κ3) is 5.02. The minimum Gasteiger partial charge on any atom is -0.387 e. The molecule has 0 radical (unpaired) electrons. The number of ketones is 1. The van der Waals surface area contributed by atoms with Crippen molar-refractivity contribution in [2.75, 3.05) is 18.4 Å². The van der Waals surface area contributed by atoms with Crippen LogP contribution in [0.2, 0.25) is 0 Å². The Balaban J connectivity index is 1.41. The summed E-state index contributed by atoms with van der Waals surface area (Å²) in [5.74, 6) is -0.0920. The zero-order valence-electron chi connectivity index (χ0n) is 21.9. The van der Waals surface area contributed by atoms with Crippen LogP contribution in [0.15, 0.2) is 53.6 Å². The Hall–Kier alpha value is -2.66. The van der Waals surface area contributed by atoms with Crippen LogP contribution >= 0.6 is 0 Å². The van der Waals surface area contributed by atoms with Crippen molar-refractivity contribution in [3.8, 4) is 0 Å². The van der Waals surface area contributed by atoms with Crippen LogP contribution in [0.5, 0.6) is 0 Å². The monoisotopic (exact) mass is 474 g/mol. The molecule has 5 nitrogen and oxygen atoms in total. The number of nitrogens with zero attached hydrogens (tertiary/aromatic N) is 1. The summed E-state index contributed by atoms with van der Waals surface area (Å²) in [6.45, 7) is 11.1. The van der Waals surface area contributed by atoms with E-state index < -0.39 is 5.41 Å². The third-order valence-corrected chi connectivity index (χ3v) is 8.37. The van der Waals surface area contributed by atoms with Crippen LogP contribution in [0.1, 0.15) is 78.2 Å². The van der Waals surface area contributed by atoms with Gasteiger partial charge in [0.15, 0.2) is 5.78 Å². The lowest BCUT2D eigenvalue weighted by Crippen LogP contribution is -2.58. The Kier molecular flexibility index (Phi) is 7.10. The van der Waals surface area contributed by atoms with Gasteiger partial charge in [0.1, 0.15) is 11.3 Å². The van der Waals surface area contributed by atoms with Crippen molar-refractivity contribution in [3.63, 3.8) is 0 Å². The number of carbonyl (C=O) groups excluding carboxylic acids is 1. The number of carbonyl (C=O) groups is 1. The second kappa shape index (κ2) is 9.77. The molecule has 1 aromatic carbocycles. The van der Waals surface area contributed by atoms with E-state index in [2.05, 4.69) is 44.0 Å². The lowest BCUT2D eigenvalue weighted by Gasteiger charge is -2.53. The number of Topliss-reactive ketones (excluding diaryl/α,β-unsaturated/α-hetero) is 1. The molecule has 188 valence electrons. The zero-order chi connectivity index (χ0) is 25.3. The predicted molar refractivity (Wildman–Crippen MR) is 147 cm³/mol. The largest absolute Gasteiger partial charge is 0.387 e. The van der Waals surface area contributed by atoms with Crippen LogP contribution in [-0.4, -0.2) is 40.7 Å². The summed E-state index contributed by atoms with van der Waals surface area (Å²) in [7, 11) is 0. The second-order valence-electron chi connectivity index (χ2n) is 11.7. The van der Waals surface area contributed by atoms with Crippen LogP contribution < -0.4 is 11.1 Å². The van der Waals surface area contributed by atoms with Crippen LogP contribution in [-0.2, 0) is 4.79 Å². The van der Waals surface area contributed by atoms with Crippen molar-refractivity contribution in [1.29, 1.82) is 5.41 Å². The number of nitrogens with two attached hydrogens (primary N) is 1. The number of likely N-dealkylation sites (tertiary alicyclic amines) is 1. The van der Waals surface area contributed by atoms with Gasteiger partial charge in [-0.25, -0.2) is 0 Å². The van der Waals surface area contributed by atoms with Crippen molar-refractivity contribution in [1.82, 2.24) is 4.90 Å². The molecule has 0 saturated carbocycles. The predicted octanol–water partition coefficient (Wildman–Crippen LogP) is 6.09. The molecule has 2 heterocycles. The third-order valence-electron chi connectivity index (χ3n) is 8.37. The molecule has 1 atom stereocenters. The van der Waals surface area contributed by atoms with Gasteiger partial charge in [-0.05, 0) is 89.6 Å². The molecule has 0 spiro atoms. The van der Waals surface area contributed by atoms with Gasteiger partial charge in [-0.3, -0.25) is 15.1 Å². The van der Waals surface area contributed by atoms with E-state index in [1.807, 2.05) is 42.5 Å². The number of unbranched alkanes of at least 4 members (excludes halogenated alkanes) is 2. The molecule has 1 saturated heterocycles. The van der Waals surface area contributed by atoms with Gasteiger partial charge in [-0.1, -0.05) is 49.3 Å². The Morgan fingerprint density at radius 1 is 1.09 bits per heavy atom. The number of hydrogen-bond donors (Lipinski definition) is 3. The topological polar surface area (TPSA) is 82.2 Å². The van der Waals surface area contributed by atoms with Gasteiger partial charge < -0.3 is 11.1 Å². The standard InChI is InChI=1S/C30H42N4O/c1-28(2)15-11-16-29(3,4)34(28)19-9-5-8-17-30(27(31)32)18-10-13-24(26(30)35)23-20-22-12-6-7-14-25(22)33-21-23/h6-7,10,12-14,18,20,33H,5,8-9,11,15-17,19,21H2,1-4H3,(H3,31,32). The summed E-state index contributed by atoms with van der Waals surface area (Å²) in [6.07, 6.45) is 15.1. The SMILES string of the molecule is CC1(C)CCCC(C)(C)N1CCCCCC1(C(=N)N)C=CC=C(C2=Cc3ccccc3NC2)C1=O. The molecule has 1 fully saturated rings. The van der Waals surface area contributed by atoms with Crippen molar-refractivity contribution < 1.29 is 4.79 Å². The molecule has 5 heteroatoms. The van der Waals surface area contributed by atoms with E-state index >= 15 is 0 Å². The first-order chi connectivity index (χ1) is 16.6. The molecule has 1 aromatic rings. The summed E-state index contributed by atoms with van der Waals surface area (Å²) in [6, 6.07) is 8.11. The first kappa shape index (κ1) is 25.4. The van der Waals surface area contributed by atoms with Crippen molar-refractivity contribution in [2.24, 2.45) is 11.1 Å². The Bertz CT molecular complexity index is 1060. The quantitative estimate of drug-likeness (QED) is 0.242. The maximum Gasteiger partial charge on any atom is 0.180 e. The molecule has 0 bridgehead atoms. The number of benzene rings is 1. The molecule has 3 aliphatic rings. The van der Waals surface area contributed by atoms with Crippen molar-refractivity contribution in [2.45, 2.75) is 83.7 Å². The number of hydrogen-bond acceptors (Lipinski definition) is 4. The molecular weight excluding hydrogens is 432 g/mol. The lowest BCUT2D eigenvalue weighted by molar-refractivity contribution is -0.120. The Morgan fingerprint density at radius 3 is 2.51 bits per heavy atom. The van der Waals surface area contributed by atoms with E-state index in [4.69, 9.17) is 11.1 Å². The van der Waals surface area contributed by atoms with Gasteiger partial charge in [-0.15, -0.1) is 0 Å². The molecule has 0 amide bonds. The zero-order valence-corrected chi connectivity index (χ0v) is 21.9. The van der Waals surface area contributed by atoms with Crippen LogP contribution in [0, 0.1) is 10.8 Å². The highest BCUT2D eigenvalue weighted by Crippen LogP contribution is 2.40. The van der Waals surface area contributed by atoms with Crippen LogP contribution in [0.3, 0.4) is 0 Å². The molecule has 4 N–H and O–H groups in total. The minimum atomic E-state index is -1.04. The number of allylic oxidation sites excluding steroid dienone is 2. The highest BCUT2D eigenvalue weighted by atomic mass is 16.1. The second-order valence-corrected chi connectivity index (χ2v) is 11.7. The number of anilines is 1. The highest BCUT2D eigenvalue weighted by molar-refractivity contribution is 6.19. The Morgan fingerprint density at radius 2 is 1.80 bits per heavy atom. The van der Waals surface area contributed by atoms with E-state index in [9.17, 15) is 4.79 Å². The number of rotatable bonds is 8. The van der Waals surface area contributed by atoms with Gasteiger partial charge in [0.2, 0.25) is 0 Å². The maximum absolute atomic E-state index is 13.8. The number of piperidine rings is 1. The van der Waals surface area contributed by atoms with Gasteiger partial charge in [-0.2, -0.15) is 0 Å². The first-order valence-electron chi connectivity index (χ1n) is 13.2. The summed E-state index contributed by atoms with van der Waals surface area (Å²) < 4.78 is 0. The molecule has 0 aromatic heterocycles. The fourth-order valence-electron chi connectivity index (χ4n) is 6.38. The van der Waals surface area contributed by atoms with Gasteiger partial charge in [0.25, 0.3) is 0 Å². The molecule has 35 heavy (non-hydrogen) atoms. The van der Waals surface area contributed by atoms with Crippen molar-refractivity contribution in [3.05, 3.63) is 59.2 Å². The van der Waals surface area contributed by atoms with E-state index in [-0.39, 0.29) is 22.7 Å².